The highest BCUT2D eigenvalue weighted by Crippen LogP contribution is 2.24. The SMILES string of the molecule is Cc1ccc(S(=O)(=O)N(CC/C=C/C(=O)OC(C)(C)C)[C@H](CBr)CC(C)C)cc1. The molecule has 0 unspecified atom stereocenters. The molecule has 0 radical (unpaired) electrons. The number of esters is 1. The van der Waals surface area contributed by atoms with Crippen LogP contribution in [0.2, 0.25) is 0 Å². The lowest BCUT2D eigenvalue weighted by molar-refractivity contribution is -0.148. The lowest BCUT2D eigenvalue weighted by Gasteiger charge is -2.30. The molecule has 0 aromatic heterocycles. The van der Waals surface area contributed by atoms with Crippen molar-refractivity contribution in [3.63, 3.8) is 0 Å². The second-order valence-electron chi connectivity index (χ2n) is 8.59. The van der Waals surface area contributed by atoms with E-state index >= 15 is 0 Å². The van der Waals surface area contributed by atoms with Gasteiger partial charge in [0.25, 0.3) is 0 Å². The van der Waals surface area contributed by atoms with E-state index in [1.54, 1.807) is 55.4 Å². The summed E-state index contributed by atoms with van der Waals surface area (Å²) in [6, 6.07) is 6.73. The Morgan fingerprint density at radius 2 is 1.79 bits per heavy atom. The Morgan fingerprint density at radius 1 is 1.21 bits per heavy atom. The summed E-state index contributed by atoms with van der Waals surface area (Å²) in [5.74, 6) is -0.0739. The number of sulfonamides is 1. The molecule has 1 rings (SSSR count). The number of halogens is 1. The molecule has 0 saturated heterocycles. The first-order chi connectivity index (χ1) is 13.4. The summed E-state index contributed by atoms with van der Waals surface area (Å²) in [7, 11) is -3.65. The first kappa shape index (κ1) is 25.9. The Hall–Kier alpha value is -1.18. The maximum absolute atomic E-state index is 13.3. The van der Waals surface area contributed by atoms with Crippen LogP contribution >= 0.6 is 15.9 Å². The van der Waals surface area contributed by atoms with Crippen molar-refractivity contribution in [2.45, 2.75) is 70.9 Å². The number of rotatable bonds is 10. The van der Waals surface area contributed by atoms with Gasteiger partial charge in [0.2, 0.25) is 10.0 Å². The normalized spacial score (nSPS) is 14.0. The molecule has 0 aliphatic rings. The van der Waals surface area contributed by atoms with Gasteiger partial charge in [0.15, 0.2) is 0 Å². The summed E-state index contributed by atoms with van der Waals surface area (Å²) in [6.45, 7) is 11.8. The van der Waals surface area contributed by atoms with Crippen LogP contribution in [-0.4, -0.2) is 42.2 Å². The molecule has 1 aromatic rings. The van der Waals surface area contributed by atoms with Crippen molar-refractivity contribution in [2.24, 2.45) is 5.92 Å². The van der Waals surface area contributed by atoms with Gasteiger partial charge in [-0.2, -0.15) is 4.31 Å². The fraction of sp³-hybridized carbons (Fsp3) is 0.591. The molecule has 164 valence electrons. The maximum atomic E-state index is 13.3. The Labute approximate surface area is 184 Å². The standard InChI is InChI=1S/C22H34BrNO4S/c1-17(2)15-19(16-23)24(14-8-7-9-21(25)28-22(4,5)6)29(26,27)20-12-10-18(3)11-13-20/h7,9-13,17,19H,8,14-16H2,1-6H3/b9-7+/t19-/m0/s1. The first-order valence-corrected chi connectivity index (χ1v) is 12.5. The fourth-order valence-electron chi connectivity index (χ4n) is 2.86. The maximum Gasteiger partial charge on any atom is 0.330 e. The molecule has 0 aliphatic heterocycles. The van der Waals surface area contributed by atoms with Crippen molar-refractivity contribution in [1.82, 2.24) is 4.31 Å². The van der Waals surface area contributed by atoms with Crippen LogP contribution in [0.5, 0.6) is 0 Å². The summed E-state index contributed by atoms with van der Waals surface area (Å²) in [6.07, 6.45) is 4.21. The molecule has 0 bridgehead atoms. The van der Waals surface area contributed by atoms with Crippen LogP contribution in [0.4, 0.5) is 0 Å². The molecule has 1 atom stereocenters. The van der Waals surface area contributed by atoms with E-state index in [0.29, 0.717) is 24.2 Å². The third-order valence-electron chi connectivity index (χ3n) is 4.13. The molecule has 29 heavy (non-hydrogen) atoms. The highest BCUT2D eigenvalue weighted by Gasteiger charge is 2.30. The first-order valence-electron chi connectivity index (χ1n) is 9.91. The van der Waals surface area contributed by atoms with Crippen molar-refractivity contribution in [1.29, 1.82) is 0 Å². The smallest absolute Gasteiger partial charge is 0.330 e. The Balaban J connectivity index is 3.03. The van der Waals surface area contributed by atoms with Gasteiger partial charge in [-0.1, -0.05) is 53.5 Å². The zero-order chi connectivity index (χ0) is 22.2. The molecule has 0 N–H and O–H groups in total. The highest BCUT2D eigenvalue weighted by atomic mass is 79.9. The molecule has 1 aromatic carbocycles. The summed E-state index contributed by atoms with van der Waals surface area (Å²) < 4.78 is 33.5. The van der Waals surface area contributed by atoms with E-state index in [1.165, 1.54) is 6.08 Å². The number of nitrogens with zero attached hydrogens (tertiary/aromatic N) is 1. The van der Waals surface area contributed by atoms with Crippen LogP contribution in [-0.2, 0) is 19.6 Å². The molecule has 0 aliphatic carbocycles. The van der Waals surface area contributed by atoms with Crippen LogP contribution in [0.1, 0.15) is 53.0 Å². The van der Waals surface area contributed by atoms with Crippen LogP contribution < -0.4 is 0 Å². The molecule has 5 nitrogen and oxygen atoms in total. The molecular formula is C22H34BrNO4S. The van der Waals surface area contributed by atoms with E-state index in [1.807, 2.05) is 6.92 Å². The molecule has 0 amide bonds. The van der Waals surface area contributed by atoms with Gasteiger partial charge in [-0.15, -0.1) is 0 Å². The third kappa shape index (κ3) is 9.01. The minimum absolute atomic E-state index is 0.170. The van der Waals surface area contributed by atoms with E-state index in [2.05, 4.69) is 29.8 Å². The summed E-state index contributed by atoms with van der Waals surface area (Å²) >= 11 is 3.49. The summed E-state index contributed by atoms with van der Waals surface area (Å²) in [4.78, 5) is 12.1. The predicted octanol–water partition coefficient (Wildman–Crippen LogP) is 5.08. The van der Waals surface area contributed by atoms with Gasteiger partial charge in [-0.3, -0.25) is 0 Å². The second-order valence-corrected chi connectivity index (χ2v) is 11.1. The number of hydrogen-bond donors (Lipinski definition) is 0. The minimum Gasteiger partial charge on any atom is -0.457 e. The van der Waals surface area contributed by atoms with Gasteiger partial charge in [0.1, 0.15) is 5.60 Å². The van der Waals surface area contributed by atoms with E-state index in [-0.39, 0.29) is 10.9 Å². The number of ether oxygens (including phenoxy) is 1. The van der Waals surface area contributed by atoms with Crippen LogP contribution in [0.15, 0.2) is 41.3 Å². The van der Waals surface area contributed by atoms with Gasteiger partial charge in [0.05, 0.1) is 4.90 Å². The lowest BCUT2D eigenvalue weighted by atomic mass is 10.1. The van der Waals surface area contributed by atoms with E-state index in [9.17, 15) is 13.2 Å². The van der Waals surface area contributed by atoms with Gasteiger partial charge in [-0.05, 0) is 58.6 Å². The molecule has 0 saturated carbocycles. The minimum atomic E-state index is -3.65. The zero-order valence-corrected chi connectivity index (χ0v) is 20.7. The summed E-state index contributed by atoms with van der Waals surface area (Å²) in [5, 5.41) is 0.548. The van der Waals surface area contributed by atoms with Gasteiger partial charge in [0, 0.05) is 24.0 Å². The molecule has 0 spiro atoms. The highest BCUT2D eigenvalue weighted by molar-refractivity contribution is 9.09. The molecule has 0 fully saturated rings. The van der Waals surface area contributed by atoms with Crippen molar-refractivity contribution < 1.29 is 17.9 Å². The number of hydrogen-bond acceptors (Lipinski definition) is 4. The third-order valence-corrected chi connectivity index (χ3v) is 6.85. The summed E-state index contributed by atoms with van der Waals surface area (Å²) in [5.41, 5.74) is 0.454. The molecule has 0 heterocycles. The van der Waals surface area contributed by atoms with E-state index < -0.39 is 21.6 Å². The van der Waals surface area contributed by atoms with Crippen molar-refractivity contribution in [3.8, 4) is 0 Å². The lowest BCUT2D eigenvalue weighted by Crippen LogP contribution is -2.42. The number of carbonyl (C=O) groups excluding carboxylic acids is 1. The van der Waals surface area contributed by atoms with Crippen LogP contribution in [0, 0.1) is 12.8 Å². The molecule has 7 heteroatoms. The topological polar surface area (TPSA) is 63.7 Å². The largest absolute Gasteiger partial charge is 0.457 e. The zero-order valence-electron chi connectivity index (χ0n) is 18.3. The Morgan fingerprint density at radius 3 is 2.28 bits per heavy atom. The molecular weight excluding hydrogens is 454 g/mol. The average Bonchev–Trinajstić information content (AvgIpc) is 2.58. The number of alkyl halides is 1. The fourth-order valence-corrected chi connectivity index (χ4v) is 5.32. The Bertz CT molecular complexity index is 780. The van der Waals surface area contributed by atoms with Crippen molar-refractivity contribution in [3.05, 3.63) is 42.0 Å². The van der Waals surface area contributed by atoms with E-state index in [0.717, 1.165) is 12.0 Å². The van der Waals surface area contributed by atoms with Gasteiger partial charge >= 0.3 is 5.97 Å². The number of carbonyl (C=O) groups is 1. The number of aryl methyl sites for hydroxylation is 1. The van der Waals surface area contributed by atoms with Gasteiger partial charge < -0.3 is 4.74 Å². The monoisotopic (exact) mass is 487 g/mol. The van der Waals surface area contributed by atoms with Crippen molar-refractivity contribution >= 4 is 31.9 Å². The quantitative estimate of drug-likeness (QED) is 0.262. The second kappa shape index (κ2) is 11.3. The van der Waals surface area contributed by atoms with Gasteiger partial charge in [-0.25, -0.2) is 13.2 Å². The average molecular weight is 488 g/mol. The van der Waals surface area contributed by atoms with Crippen molar-refractivity contribution in [2.75, 3.05) is 11.9 Å². The van der Waals surface area contributed by atoms with Crippen LogP contribution in [0.25, 0.3) is 0 Å². The van der Waals surface area contributed by atoms with E-state index in [4.69, 9.17) is 4.74 Å². The van der Waals surface area contributed by atoms with Crippen LogP contribution in [0.3, 0.4) is 0 Å². The predicted molar refractivity (Wildman–Crippen MR) is 122 cm³/mol. The Kier molecular flexibility index (Phi) is 10.1. The number of benzene rings is 1.